The maximum absolute atomic E-state index is 6.00. The smallest absolute Gasteiger partial charge is 0.163 e. The molecule has 4 nitrogen and oxygen atoms in total. The molecule has 17 heavy (non-hydrogen) atoms. The lowest BCUT2D eigenvalue weighted by molar-refractivity contribution is -0.176. The van der Waals surface area contributed by atoms with Crippen LogP contribution in [-0.4, -0.2) is 36.0 Å². The molecule has 0 N–H and O–H groups in total. The van der Waals surface area contributed by atoms with Gasteiger partial charge in [-0.15, -0.1) is 0 Å². The van der Waals surface area contributed by atoms with Gasteiger partial charge < -0.3 is 18.9 Å². The molecule has 98 valence electrons. The van der Waals surface area contributed by atoms with Crippen LogP contribution in [0.25, 0.3) is 0 Å². The molecule has 0 radical (unpaired) electrons. The molecule has 1 aliphatic carbocycles. The van der Waals surface area contributed by atoms with Gasteiger partial charge in [-0.1, -0.05) is 6.92 Å². The lowest BCUT2D eigenvalue weighted by Crippen LogP contribution is -2.50. The molecule has 3 aliphatic rings. The molecule has 0 aromatic heterocycles. The Morgan fingerprint density at radius 2 is 1.29 bits per heavy atom. The van der Waals surface area contributed by atoms with E-state index in [1.807, 2.05) is 27.7 Å². The fourth-order valence-electron chi connectivity index (χ4n) is 3.34. The summed E-state index contributed by atoms with van der Waals surface area (Å²) in [6.45, 7) is 10.1. The van der Waals surface area contributed by atoms with Crippen molar-refractivity contribution < 1.29 is 18.9 Å². The molecule has 2 saturated heterocycles. The number of hydrogen-bond donors (Lipinski definition) is 0. The Labute approximate surface area is 103 Å². The highest BCUT2D eigenvalue weighted by molar-refractivity contribution is 5.01. The third-order valence-corrected chi connectivity index (χ3v) is 3.87. The van der Waals surface area contributed by atoms with Gasteiger partial charge in [0.15, 0.2) is 11.6 Å². The first-order chi connectivity index (χ1) is 7.77. The van der Waals surface area contributed by atoms with Crippen molar-refractivity contribution in [2.75, 3.05) is 0 Å². The van der Waals surface area contributed by atoms with Gasteiger partial charge in [0.2, 0.25) is 0 Å². The summed E-state index contributed by atoms with van der Waals surface area (Å²) in [5.41, 5.74) is 0. The van der Waals surface area contributed by atoms with Gasteiger partial charge in [-0.05, 0) is 40.0 Å². The Kier molecular flexibility index (Phi) is 2.41. The Morgan fingerprint density at radius 3 is 2.00 bits per heavy atom. The minimum absolute atomic E-state index is 0.000486. The van der Waals surface area contributed by atoms with Gasteiger partial charge in [0.25, 0.3) is 0 Å². The van der Waals surface area contributed by atoms with E-state index in [9.17, 15) is 0 Å². The molecule has 0 amide bonds. The largest absolute Gasteiger partial charge is 0.344 e. The summed E-state index contributed by atoms with van der Waals surface area (Å²) in [5, 5.41) is 0. The Morgan fingerprint density at radius 1 is 0.765 bits per heavy atom. The Balaban J connectivity index is 1.86. The molecule has 4 heteroatoms. The highest BCUT2D eigenvalue weighted by Gasteiger charge is 2.58. The molecule has 0 unspecified atom stereocenters. The first-order valence-corrected chi connectivity index (χ1v) is 6.49. The summed E-state index contributed by atoms with van der Waals surface area (Å²) in [4.78, 5) is 0. The second kappa shape index (κ2) is 3.44. The van der Waals surface area contributed by atoms with E-state index < -0.39 is 11.6 Å². The molecule has 2 heterocycles. The van der Waals surface area contributed by atoms with Gasteiger partial charge in [-0.3, -0.25) is 0 Å². The fourth-order valence-corrected chi connectivity index (χ4v) is 3.34. The molecule has 5 atom stereocenters. The van der Waals surface area contributed by atoms with Crippen LogP contribution in [0.3, 0.4) is 0 Å². The third-order valence-electron chi connectivity index (χ3n) is 3.87. The second-order valence-electron chi connectivity index (χ2n) is 6.42. The summed E-state index contributed by atoms with van der Waals surface area (Å²) >= 11 is 0. The van der Waals surface area contributed by atoms with Crippen molar-refractivity contribution in [1.29, 1.82) is 0 Å². The van der Waals surface area contributed by atoms with Gasteiger partial charge in [-0.25, -0.2) is 0 Å². The normalized spacial score (nSPS) is 51.0. The van der Waals surface area contributed by atoms with Crippen LogP contribution in [0.1, 0.15) is 41.0 Å². The maximum atomic E-state index is 6.00. The van der Waals surface area contributed by atoms with Crippen LogP contribution >= 0.6 is 0 Å². The lowest BCUT2D eigenvalue weighted by Gasteiger charge is -2.35. The molecule has 3 rings (SSSR count). The highest BCUT2D eigenvalue weighted by atomic mass is 16.8. The van der Waals surface area contributed by atoms with E-state index in [0.717, 1.165) is 6.42 Å². The topological polar surface area (TPSA) is 36.9 Å². The number of ether oxygens (including phenoxy) is 4. The molecular weight excluding hydrogens is 220 g/mol. The van der Waals surface area contributed by atoms with Crippen LogP contribution in [0.15, 0.2) is 0 Å². The minimum atomic E-state index is -0.505. The van der Waals surface area contributed by atoms with E-state index in [2.05, 4.69) is 6.92 Å². The molecule has 1 saturated carbocycles. The summed E-state index contributed by atoms with van der Waals surface area (Å²) in [5.74, 6) is -0.560. The van der Waals surface area contributed by atoms with Crippen molar-refractivity contribution >= 4 is 0 Å². The second-order valence-corrected chi connectivity index (χ2v) is 6.42. The van der Waals surface area contributed by atoms with Crippen LogP contribution in [0.5, 0.6) is 0 Å². The van der Waals surface area contributed by atoms with E-state index in [-0.39, 0.29) is 24.4 Å². The molecule has 2 aliphatic heterocycles. The predicted octanol–water partition coefficient (Wildman–Crippen LogP) is 2.07. The van der Waals surface area contributed by atoms with Gasteiger partial charge in [0, 0.05) is 0 Å². The van der Waals surface area contributed by atoms with Crippen LogP contribution in [0.4, 0.5) is 0 Å². The molecule has 0 bridgehead atoms. The zero-order valence-corrected chi connectivity index (χ0v) is 11.2. The van der Waals surface area contributed by atoms with E-state index in [4.69, 9.17) is 18.9 Å². The average Bonchev–Trinajstić information content (AvgIpc) is 2.62. The van der Waals surface area contributed by atoms with Gasteiger partial charge >= 0.3 is 0 Å². The third kappa shape index (κ3) is 1.91. The maximum Gasteiger partial charge on any atom is 0.163 e. The van der Waals surface area contributed by atoms with Crippen molar-refractivity contribution in [3.63, 3.8) is 0 Å². The van der Waals surface area contributed by atoms with Crippen molar-refractivity contribution in [1.82, 2.24) is 0 Å². The first-order valence-electron chi connectivity index (χ1n) is 6.49. The average molecular weight is 242 g/mol. The van der Waals surface area contributed by atoms with E-state index in [1.54, 1.807) is 0 Å². The summed E-state index contributed by atoms with van der Waals surface area (Å²) in [6, 6.07) is 0. The molecule has 0 spiro atoms. The minimum Gasteiger partial charge on any atom is -0.344 e. The Hall–Kier alpha value is -0.160. The zero-order chi connectivity index (χ0) is 12.4. The van der Waals surface area contributed by atoms with E-state index in [1.165, 1.54) is 0 Å². The van der Waals surface area contributed by atoms with Gasteiger partial charge in [0.05, 0.1) is 12.2 Å². The molecule has 0 aromatic carbocycles. The predicted molar refractivity (Wildman–Crippen MR) is 61.4 cm³/mol. The summed E-state index contributed by atoms with van der Waals surface area (Å²) in [6.07, 6.45) is 1.25. The SMILES string of the molecule is C[C@H]1C[C@@H]2OC(C)(C)O[C@@H]2[C@H]2OC(C)(C)O[C@H]21. The Bertz CT molecular complexity index is 325. The van der Waals surface area contributed by atoms with Crippen LogP contribution in [0, 0.1) is 5.92 Å². The van der Waals surface area contributed by atoms with Gasteiger partial charge in [-0.2, -0.15) is 0 Å². The van der Waals surface area contributed by atoms with Crippen molar-refractivity contribution in [3.05, 3.63) is 0 Å². The number of hydrogen-bond acceptors (Lipinski definition) is 4. The zero-order valence-electron chi connectivity index (χ0n) is 11.2. The summed E-state index contributed by atoms with van der Waals surface area (Å²) < 4.78 is 23.9. The van der Waals surface area contributed by atoms with Crippen molar-refractivity contribution in [2.24, 2.45) is 5.92 Å². The fraction of sp³-hybridized carbons (Fsp3) is 1.00. The molecular formula is C13H22O4. The van der Waals surface area contributed by atoms with Crippen molar-refractivity contribution in [2.45, 2.75) is 77.0 Å². The quantitative estimate of drug-likeness (QED) is 0.651. The van der Waals surface area contributed by atoms with Crippen LogP contribution in [-0.2, 0) is 18.9 Å². The highest BCUT2D eigenvalue weighted by Crippen LogP contribution is 2.46. The standard InChI is InChI=1S/C13H22O4/c1-7-6-8-10(16-12(2,3)14-8)11-9(7)15-13(4,5)17-11/h7-11H,6H2,1-5H3/t7-,8-,9-,10-,11-/m0/s1. The van der Waals surface area contributed by atoms with E-state index >= 15 is 0 Å². The molecule has 0 aromatic rings. The summed E-state index contributed by atoms with van der Waals surface area (Å²) in [7, 11) is 0. The monoisotopic (exact) mass is 242 g/mol. The number of fused-ring (bicyclic) bond motifs is 3. The van der Waals surface area contributed by atoms with Gasteiger partial charge in [0.1, 0.15) is 12.2 Å². The number of rotatable bonds is 0. The van der Waals surface area contributed by atoms with Crippen LogP contribution in [0.2, 0.25) is 0 Å². The van der Waals surface area contributed by atoms with Crippen molar-refractivity contribution in [3.8, 4) is 0 Å². The molecule has 3 fully saturated rings. The van der Waals surface area contributed by atoms with Crippen LogP contribution < -0.4 is 0 Å². The lowest BCUT2D eigenvalue weighted by atomic mass is 9.82. The first kappa shape index (κ1) is 11.9. The van der Waals surface area contributed by atoms with E-state index in [0.29, 0.717) is 5.92 Å².